The minimum absolute atomic E-state index is 0.109. The van der Waals surface area contributed by atoms with Crippen molar-refractivity contribution < 1.29 is 8.81 Å². The number of hydrogen-bond donors (Lipinski definition) is 1. The number of nitrogens with one attached hydrogen (secondary N) is 1. The van der Waals surface area contributed by atoms with E-state index < -0.39 is 5.82 Å². The fourth-order valence-electron chi connectivity index (χ4n) is 2.45. The van der Waals surface area contributed by atoms with Crippen molar-refractivity contribution >= 4 is 22.6 Å². The lowest BCUT2D eigenvalue weighted by atomic mass is 10.1. The van der Waals surface area contributed by atoms with Gasteiger partial charge in [0.25, 0.3) is 0 Å². The Hall–Kier alpha value is -1.06. The molecule has 0 bridgehead atoms. The standard InChI is InChI=1S/C15H17ClFNO/c1-2-7-18-14(9-3-4-9)12-8-10-5-6-11(16)13(17)15(10)19-12/h5-6,8-9,14,18H,2-4,7H2,1H3. The van der Waals surface area contributed by atoms with Gasteiger partial charge in [-0.1, -0.05) is 18.5 Å². The third-order valence-corrected chi connectivity index (χ3v) is 3.90. The van der Waals surface area contributed by atoms with Crippen LogP contribution in [-0.2, 0) is 0 Å². The van der Waals surface area contributed by atoms with Crippen molar-refractivity contribution in [1.82, 2.24) is 5.32 Å². The molecule has 0 radical (unpaired) electrons. The monoisotopic (exact) mass is 281 g/mol. The molecule has 1 fully saturated rings. The van der Waals surface area contributed by atoms with Gasteiger partial charge >= 0.3 is 0 Å². The second-order valence-corrected chi connectivity index (χ2v) is 5.60. The van der Waals surface area contributed by atoms with E-state index in [9.17, 15) is 4.39 Å². The van der Waals surface area contributed by atoms with Gasteiger partial charge in [0.2, 0.25) is 0 Å². The first-order chi connectivity index (χ1) is 9.20. The van der Waals surface area contributed by atoms with Crippen molar-refractivity contribution in [3.63, 3.8) is 0 Å². The fourth-order valence-corrected chi connectivity index (χ4v) is 2.60. The van der Waals surface area contributed by atoms with Crippen LogP contribution >= 0.6 is 11.6 Å². The van der Waals surface area contributed by atoms with E-state index in [1.165, 1.54) is 12.8 Å². The summed E-state index contributed by atoms with van der Waals surface area (Å²) in [5, 5.41) is 4.38. The molecule has 0 amide bonds. The second kappa shape index (κ2) is 5.14. The minimum Gasteiger partial charge on any atom is -0.456 e. The molecule has 1 N–H and O–H groups in total. The zero-order valence-electron chi connectivity index (χ0n) is 10.9. The third kappa shape index (κ3) is 2.49. The summed E-state index contributed by atoms with van der Waals surface area (Å²) in [4.78, 5) is 0. The van der Waals surface area contributed by atoms with E-state index in [2.05, 4.69) is 12.2 Å². The molecule has 0 aliphatic heterocycles. The van der Waals surface area contributed by atoms with Gasteiger partial charge in [-0.25, -0.2) is 4.39 Å². The molecular weight excluding hydrogens is 265 g/mol. The van der Waals surface area contributed by atoms with Crippen molar-refractivity contribution in [2.24, 2.45) is 5.92 Å². The van der Waals surface area contributed by atoms with Gasteiger partial charge in [0.15, 0.2) is 11.4 Å². The van der Waals surface area contributed by atoms with Crippen LogP contribution in [0.3, 0.4) is 0 Å². The highest BCUT2D eigenvalue weighted by Gasteiger charge is 2.34. The van der Waals surface area contributed by atoms with E-state index in [0.717, 1.165) is 24.1 Å². The van der Waals surface area contributed by atoms with Crippen LogP contribution in [0.15, 0.2) is 22.6 Å². The minimum atomic E-state index is -0.463. The Bertz CT molecular complexity index is 591. The molecule has 102 valence electrons. The number of halogens is 2. The number of rotatable bonds is 5. The van der Waals surface area contributed by atoms with Crippen molar-refractivity contribution in [3.05, 3.63) is 34.8 Å². The summed E-state index contributed by atoms with van der Waals surface area (Å²) < 4.78 is 19.6. The molecule has 1 saturated carbocycles. The first-order valence-electron chi connectivity index (χ1n) is 6.81. The van der Waals surface area contributed by atoms with Crippen molar-refractivity contribution in [3.8, 4) is 0 Å². The molecule has 3 rings (SSSR count). The predicted molar refractivity (Wildman–Crippen MR) is 74.9 cm³/mol. The first-order valence-corrected chi connectivity index (χ1v) is 7.19. The molecule has 1 heterocycles. The summed E-state index contributed by atoms with van der Waals surface area (Å²) >= 11 is 5.78. The highest BCUT2D eigenvalue weighted by molar-refractivity contribution is 6.31. The quantitative estimate of drug-likeness (QED) is 0.861. The van der Waals surface area contributed by atoms with E-state index in [0.29, 0.717) is 5.92 Å². The molecular formula is C15H17ClFNO. The van der Waals surface area contributed by atoms with Crippen LogP contribution < -0.4 is 5.32 Å². The van der Waals surface area contributed by atoms with E-state index in [4.69, 9.17) is 16.0 Å². The van der Waals surface area contributed by atoms with Crippen LogP contribution in [0.1, 0.15) is 38.0 Å². The first kappa shape index (κ1) is 12.9. The zero-order chi connectivity index (χ0) is 13.4. The third-order valence-electron chi connectivity index (χ3n) is 3.61. The van der Waals surface area contributed by atoms with Gasteiger partial charge in [0.05, 0.1) is 11.1 Å². The normalized spacial score (nSPS) is 17.0. The molecule has 0 saturated heterocycles. The predicted octanol–water partition coefficient (Wildman–Crippen LogP) is 4.68. The summed E-state index contributed by atoms with van der Waals surface area (Å²) in [6.07, 6.45) is 3.49. The molecule has 1 atom stereocenters. The Balaban J connectivity index is 1.96. The topological polar surface area (TPSA) is 25.2 Å². The SMILES string of the molecule is CCCNC(c1cc2ccc(Cl)c(F)c2o1)C1CC1. The number of furan rings is 1. The van der Waals surface area contributed by atoms with E-state index in [1.807, 2.05) is 6.07 Å². The van der Waals surface area contributed by atoms with Gasteiger partial charge in [-0.2, -0.15) is 0 Å². The molecule has 2 aromatic rings. The number of fused-ring (bicyclic) bond motifs is 1. The molecule has 1 aliphatic carbocycles. The summed E-state index contributed by atoms with van der Waals surface area (Å²) in [5.41, 5.74) is 0.270. The molecule has 2 nitrogen and oxygen atoms in total. The molecule has 19 heavy (non-hydrogen) atoms. The Morgan fingerprint density at radius 1 is 1.47 bits per heavy atom. The maximum atomic E-state index is 13.9. The van der Waals surface area contributed by atoms with Gasteiger partial charge in [-0.05, 0) is 49.9 Å². The molecule has 0 spiro atoms. The van der Waals surface area contributed by atoms with E-state index >= 15 is 0 Å². The van der Waals surface area contributed by atoms with Gasteiger partial charge < -0.3 is 9.73 Å². The average molecular weight is 282 g/mol. The largest absolute Gasteiger partial charge is 0.456 e. The van der Waals surface area contributed by atoms with Gasteiger partial charge in [-0.3, -0.25) is 0 Å². The Morgan fingerprint density at radius 3 is 2.95 bits per heavy atom. The summed E-state index contributed by atoms with van der Waals surface area (Å²) in [6.45, 7) is 3.08. The highest BCUT2D eigenvalue weighted by atomic mass is 35.5. The lowest BCUT2D eigenvalue weighted by molar-refractivity contribution is 0.392. The Kier molecular flexibility index (Phi) is 3.50. The average Bonchev–Trinajstić information content (AvgIpc) is 3.14. The molecule has 1 aromatic heterocycles. The summed E-state index contributed by atoms with van der Waals surface area (Å²) in [6, 6.07) is 5.51. The van der Waals surface area contributed by atoms with Crippen LogP contribution in [0.2, 0.25) is 5.02 Å². The van der Waals surface area contributed by atoms with Crippen molar-refractivity contribution in [1.29, 1.82) is 0 Å². The van der Waals surface area contributed by atoms with Gasteiger partial charge in [0.1, 0.15) is 5.76 Å². The van der Waals surface area contributed by atoms with Gasteiger partial charge in [0, 0.05) is 5.39 Å². The molecule has 1 aliphatic rings. The van der Waals surface area contributed by atoms with Crippen molar-refractivity contribution in [2.75, 3.05) is 6.54 Å². The zero-order valence-corrected chi connectivity index (χ0v) is 11.6. The Labute approximate surface area is 116 Å². The van der Waals surface area contributed by atoms with Crippen LogP contribution in [0, 0.1) is 11.7 Å². The van der Waals surface area contributed by atoms with Crippen LogP contribution in [0.25, 0.3) is 11.0 Å². The maximum Gasteiger partial charge on any atom is 0.184 e. The lowest BCUT2D eigenvalue weighted by Gasteiger charge is -2.14. The fraction of sp³-hybridized carbons (Fsp3) is 0.467. The second-order valence-electron chi connectivity index (χ2n) is 5.20. The smallest absolute Gasteiger partial charge is 0.184 e. The number of hydrogen-bond acceptors (Lipinski definition) is 2. The van der Waals surface area contributed by atoms with Crippen LogP contribution in [0.5, 0.6) is 0 Å². The molecule has 4 heteroatoms. The van der Waals surface area contributed by atoms with Crippen molar-refractivity contribution in [2.45, 2.75) is 32.2 Å². The molecule has 1 aromatic carbocycles. The maximum absolute atomic E-state index is 13.9. The summed E-state index contributed by atoms with van der Waals surface area (Å²) in [5.74, 6) is 0.980. The van der Waals surface area contributed by atoms with Gasteiger partial charge in [-0.15, -0.1) is 0 Å². The lowest BCUT2D eigenvalue weighted by Crippen LogP contribution is -2.23. The van der Waals surface area contributed by atoms with E-state index in [1.54, 1.807) is 12.1 Å². The molecule has 1 unspecified atom stereocenters. The number of benzene rings is 1. The highest BCUT2D eigenvalue weighted by Crippen LogP contribution is 2.42. The van der Waals surface area contributed by atoms with E-state index in [-0.39, 0.29) is 16.6 Å². The van der Waals surface area contributed by atoms with Crippen LogP contribution in [-0.4, -0.2) is 6.54 Å². The van der Waals surface area contributed by atoms with Crippen LogP contribution in [0.4, 0.5) is 4.39 Å². The summed E-state index contributed by atoms with van der Waals surface area (Å²) in [7, 11) is 0. The Morgan fingerprint density at radius 2 is 2.26 bits per heavy atom.